The maximum absolute atomic E-state index is 7.64. The summed E-state index contributed by atoms with van der Waals surface area (Å²) < 4.78 is 0. The molecule has 0 atom stereocenters. The molecule has 0 spiro atoms. The molecule has 0 fully saturated rings. The minimum atomic E-state index is -0.0602. The van der Waals surface area contributed by atoms with Gasteiger partial charge in [-0.2, -0.15) is 0 Å². The largest absolute Gasteiger partial charge is 0.412 e. The predicted octanol–water partition coefficient (Wildman–Crippen LogP) is 1.83. The van der Waals surface area contributed by atoms with Gasteiger partial charge in [-0.15, -0.1) is 0 Å². The third-order valence-corrected chi connectivity index (χ3v) is 0.632. The van der Waals surface area contributed by atoms with Gasteiger partial charge < -0.3 is 5.48 Å². The van der Waals surface area contributed by atoms with Gasteiger partial charge in [0.25, 0.3) is 0 Å². The van der Waals surface area contributed by atoms with E-state index in [1.54, 1.807) is 41.5 Å². The molecule has 0 aliphatic rings. The zero-order chi connectivity index (χ0) is 12.9. The molecule has 0 heterocycles. The van der Waals surface area contributed by atoms with Crippen LogP contribution < -0.4 is 0 Å². The van der Waals surface area contributed by atoms with Crippen molar-refractivity contribution in [2.75, 3.05) is 0 Å². The van der Waals surface area contributed by atoms with Crippen molar-refractivity contribution in [2.45, 2.75) is 59.9 Å². The van der Waals surface area contributed by atoms with E-state index in [4.69, 9.17) is 15.8 Å². The topological polar surface area (TPSA) is 120 Å². The molecule has 0 unspecified atom stereocenters. The first-order valence-electron chi connectivity index (χ1n) is 4.72. The SMILES string of the molecule is CC(C)OO.CC(C)OO.CC(C)OO.O.[Ti]. The van der Waals surface area contributed by atoms with E-state index in [2.05, 4.69) is 14.7 Å². The van der Waals surface area contributed by atoms with Crippen molar-refractivity contribution in [3.05, 3.63) is 0 Å². The molecule has 0 saturated heterocycles. The van der Waals surface area contributed by atoms with Crippen molar-refractivity contribution in [2.24, 2.45) is 0 Å². The van der Waals surface area contributed by atoms with Crippen LogP contribution in [0.15, 0.2) is 0 Å². The van der Waals surface area contributed by atoms with Gasteiger partial charge in [-0.1, -0.05) is 0 Å². The van der Waals surface area contributed by atoms with Gasteiger partial charge in [0, 0.05) is 21.7 Å². The molecule has 5 N–H and O–H groups in total. The second-order valence-electron chi connectivity index (χ2n) is 3.46. The number of hydrogen-bond acceptors (Lipinski definition) is 6. The van der Waals surface area contributed by atoms with E-state index in [0.717, 1.165) is 0 Å². The minimum Gasteiger partial charge on any atom is -0.412 e. The summed E-state index contributed by atoms with van der Waals surface area (Å²) in [6.45, 7) is 10.5. The summed E-state index contributed by atoms with van der Waals surface area (Å²) >= 11 is 0. The Balaban J connectivity index is -0.0000000400. The van der Waals surface area contributed by atoms with E-state index in [1.807, 2.05) is 0 Å². The molecule has 0 saturated carbocycles. The molecular formula is C9H26O7Ti. The standard InChI is InChI=1S/3C3H8O2.H2O.Ti/c3*1-3(2)5-4;;/h3*3-4H,1-2H3;1H2;. The van der Waals surface area contributed by atoms with Crippen LogP contribution in [0.2, 0.25) is 0 Å². The number of rotatable bonds is 3. The van der Waals surface area contributed by atoms with Gasteiger partial charge in [-0.05, 0) is 41.5 Å². The van der Waals surface area contributed by atoms with E-state index in [-0.39, 0.29) is 45.5 Å². The Labute approximate surface area is 118 Å². The van der Waals surface area contributed by atoms with Crippen molar-refractivity contribution in [1.29, 1.82) is 0 Å². The molecule has 17 heavy (non-hydrogen) atoms. The van der Waals surface area contributed by atoms with Crippen LogP contribution >= 0.6 is 0 Å². The normalized spacial score (nSPS) is 8.47. The van der Waals surface area contributed by atoms with Crippen LogP contribution in [-0.4, -0.2) is 39.6 Å². The third-order valence-electron chi connectivity index (χ3n) is 0.632. The molecule has 0 aromatic heterocycles. The molecular weight excluding hydrogens is 268 g/mol. The Morgan fingerprint density at radius 1 is 0.588 bits per heavy atom. The van der Waals surface area contributed by atoms with Gasteiger partial charge >= 0.3 is 0 Å². The summed E-state index contributed by atoms with van der Waals surface area (Å²) in [5, 5.41) is 22.9. The summed E-state index contributed by atoms with van der Waals surface area (Å²) in [5.41, 5.74) is 0. The molecule has 108 valence electrons. The quantitative estimate of drug-likeness (QED) is 0.415. The molecule has 0 aliphatic carbocycles. The van der Waals surface area contributed by atoms with Crippen LogP contribution in [0, 0.1) is 0 Å². The van der Waals surface area contributed by atoms with Crippen LogP contribution in [0.25, 0.3) is 0 Å². The molecule has 0 aromatic rings. The van der Waals surface area contributed by atoms with Crippen molar-refractivity contribution in [1.82, 2.24) is 0 Å². The van der Waals surface area contributed by atoms with E-state index in [9.17, 15) is 0 Å². The fraction of sp³-hybridized carbons (Fsp3) is 1.00. The maximum atomic E-state index is 7.64. The maximum Gasteiger partial charge on any atom is 0.0871 e. The summed E-state index contributed by atoms with van der Waals surface area (Å²) in [6.07, 6.45) is -0.181. The molecule has 0 rings (SSSR count). The third kappa shape index (κ3) is 82.7. The average molecular weight is 294 g/mol. The zero-order valence-corrected chi connectivity index (χ0v) is 12.9. The van der Waals surface area contributed by atoms with Gasteiger partial charge in [0.05, 0.1) is 18.3 Å². The first-order valence-corrected chi connectivity index (χ1v) is 4.72. The fourth-order valence-electron chi connectivity index (χ4n) is 0. The van der Waals surface area contributed by atoms with Gasteiger partial charge in [0.1, 0.15) is 0 Å². The van der Waals surface area contributed by atoms with E-state index in [1.165, 1.54) is 0 Å². The summed E-state index contributed by atoms with van der Waals surface area (Å²) in [7, 11) is 0. The van der Waals surface area contributed by atoms with Crippen LogP contribution in [0.1, 0.15) is 41.5 Å². The smallest absolute Gasteiger partial charge is 0.0871 e. The van der Waals surface area contributed by atoms with Crippen LogP contribution in [-0.2, 0) is 36.4 Å². The molecule has 8 heteroatoms. The Kier molecular flexibility index (Phi) is 45.4. The molecule has 0 aromatic carbocycles. The molecule has 0 amide bonds. The Morgan fingerprint density at radius 2 is 0.647 bits per heavy atom. The van der Waals surface area contributed by atoms with Crippen molar-refractivity contribution >= 4 is 0 Å². The van der Waals surface area contributed by atoms with Crippen molar-refractivity contribution in [3.8, 4) is 0 Å². The molecule has 7 nitrogen and oxygen atoms in total. The van der Waals surface area contributed by atoms with Gasteiger partial charge in [-0.3, -0.25) is 15.8 Å². The van der Waals surface area contributed by atoms with Crippen molar-refractivity contribution in [3.63, 3.8) is 0 Å². The fourth-order valence-corrected chi connectivity index (χ4v) is 0. The summed E-state index contributed by atoms with van der Waals surface area (Å²) in [4.78, 5) is 11.2. The minimum absolute atomic E-state index is 0. The van der Waals surface area contributed by atoms with Crippen LogP contribution in [0.5, 0.6) is 0 Å². The molecule has 0 bridgehead atoms. The Hall–Kier alpha value is 0.434. The Morgan fingerprint density at radius 3 is 0.647 bits per heavy atom. The first-order chi connectivity index (χ1) is 6.81. The Bertz CT molecular complexity index is 82.3. The second-order valence-corrected chi connectivity index (χ2v) is 3.46. The van der Waals surface area contributed by atoms with Gasteiger partial charge in [-0.25, -0.2) is 14.7 Å². The van der Waals surface area contributed by atoms with E-state index < -0.39 is 0 Å². The monoisotopic (exact) mass is 294 g/mol. The molecule has 0 radical (unpaired) electrons. The van der Waals surface area contributed by atoms with Crippen LogP contribution in [0.4, 0.5) is 0 Å². The van der Waals surface area contributed by atoms with E-state index >= 15 is 0 Å². The van der Waals surface area contributed by atoms with Crippen LogP contribution in [0.3, 0.4) is 0 Å². The van der Waals surface area contributed by atoms with E-state index in [0.29, 0.717) is 0 Å². The summed E-state index contributed by atoms with van der Waals surface area (Å²) in [6, 6.07) is 0. The summed E-state index contributed by atoms with van der Waals surface area (Å²) in [5.74, 6) is 0. The second kappa shape index (κ2) is 25.3. The van der Waals surface area contributed by atoms with Crippen molar-refractivity contribution < 1.29 is 57.6 Å². The number of hydrogen-bond donors (Lipinski definition) is 3. The predicted molar refractivity (Wildman–Crippen MR) is 60.2 cm³/mol. The molecule has 0 aliphatic heterocycles. The zero-order valence-electron chi connectivity index (χ0n) is 11.3. The first kappa shape index (κ1) is 30.5. The average Bonchev–Trinajstić information content (AvgIpc) is 2.19. The van der Waals surface area contributed by atoms with Gasteiger partial charge in [0.2, 0.25) is 0 Å². The van der Waals surface area contributed by atoms with Gasteiger partial charge in [0.15, 0.2) is 0 Å².